The lowest BCUT2D eigenvalue weighted by atomic mass is 10.2. The Bertz CT molecular complexity index is 1360. The Morgan fingerprint density at radius 1 is 0.659 bits per heavy atom. The lowest BCUT2D eigenvalue weighted by molar-refractivity contribution is -0.138. The van der Waals surface area contributed by atoms with Gasteiger partial charge in [-0.25, -0.2) is 19.2 Å². The summed E-state index contributed by atoms with van der Waals surface area (Å²) < 4.78 is 30.5. The van der Waals surface area contributed by atoms with Crippen molar-refractivity contribution in [2.75, 3.05) is 20.3 Å². The second-order valence-electron chi connectivity index (χ2n) is 8.19. The standard InChI is InChI=1S/C31H28O10/c1-3-28(32)37-20-4-5-21-38-31(35)41-27-13-9-23(10-14-27)30(34)40-26-17-15-25(16-18-26)39-29(33)19-8-22-6-11-24(36-2)12-7-22/h3,6-19H,1,4-5,20-21H2,2H3/b19-8+. The number of ether oxygens (including phenoxy) is 6. The van der Waals surface area contributed by atoms with Crippen LogP contribution in [0.15, 0.2) is 91.5 Å². The molecular formula is C31H28O10. The first-order valence-electron chi connectivity index (χ1n) is 12.5. The topological polar surface area (TPSA) is 124 Å². The zero-order valence-electron chi connectivity index (χ0n) is 22.3. The highest BCUT2D eigenvalue weighted by Crippen LogP contribution is 2.20. The van der Waals surface area contributed by atoms with Crippen LogP contribution in [0.1, 0.15) is 28.8 Å². The highest BCUT2D eigenvalue weighted by atomic mass is 16.7. The molecule has 212 valence electrons. The van der Waals surface area contributed by atoms with E-state index in [0.29, 0.717) is 18.6 Å². The highest BCUT2D eigenvalue weighted by molar-refractivity contribution is 5.91. The van der Waals surface area contributed by atoms with Crippen molar-refractivity contribution in [1.29, 1.82) is 0 Å². The monoisotopic (exact) mass is 560 g/mol. The average molecular weight is 561 g/mol. The Labute approximate surface area is 236 Å². The first kappa shape index (κ1) is 30.2. The van der Waals surface area contributed by atoms with Crippen LogP contribution in [0.25, 0.3) is 6.08 Å². The average Bonchev–Trinajstić information content (AvgIpc) is 2.99. The van der Waals surface area contributed by atoms with Crippen molar-refractivity contribution in [3.63, 3.8) is 0 Å². The van der Waals surface area contributed by atoms with E-state index < -0.39 is 24.1 Å². The fourth-order valence-electron chi connectivity index (χ4n) is 3.15. The van der Waals surface area contributed by atoms with Gasteiger partial charge in [-0.2, -0.15) is 0 Å². The van der Waals surface area contributed by atoms with Crippen LogP contribution in [-0.4, -0.2) is 44.4 Å². The molecule has 10 heteroatoms. The largest absolute Gasteiger partial charge is 0.513 e. The highest BCUT2D eigenvalue weighted by Gasteiger charge is 2.12. The quantitative estimate of drug-likeness (QED) is 0.0863. The molecular weight excluding hydrogens is 532 g/mol. The Morgan fingerprint density at radius 3 is 1.80 bits per heavy atom. The van der Waals surface area contributed by atoms with Crippen LogP contribution >= 0.6 is 0 Å². The van der Waals surface area contributed by atoms with Gasteiger partial charge in [-0.3, -0.25) is 0 Å². The van der Waals surface area contributed by atoms with Gasteiger partial charge in [0.2, 0.25) is 0 Å². The molecule has 0 atom stereocenters. The summed E-state index contributed by atoms with van der Waals surface area (Å²) in [4.78, 5) is 47.3. The Kier molecular flexibility index (Phi) is 11.7. The minimum atomic E-state index is -0.902. The molecule has 10 nitrogen and oxygen atoms in total. The molecule has 3 aromatic carbocycles. The van der Waals surface area contributed by atoms with Gasteiger partial charge < -0.3 is 28.4 Å². The lowest BCUT2D eigenvalue weighted by Gasteiger charge is -2.08. The summed E-state index contributed by atoms with van der Waals surface area (Å²) in [6.45, 7) is 3.58. The van der Waals surface area contributed by atoms with Gasteiger partial charge in [-0.15, -0.1) is 0 Å². The number of unbranched alkanes of at least 4 members (excludes halogenated alkanes) is 1. The number of carbonyl (C=O) groups excluding carboxylic acids is 4. The SMILES string of the molecule is C=CC(=O)OCCCCOC(=O)Oc1ccc(C(=O)Oc2ccc(OC(=O)/C=C/c3ccc(OC)cc3)cc2)cc1. The molecule has 0 aliphatic rings. The Hall–Kier alpha value is -5.38. The molecule has 0 aliphatic heterocycles. The summed E-state index contributed by atoms with van der Waals surface area (Å²) >= 11 is 0. The first-order valence-corrected chi connectivity index (χ1v) is 12.5. The second kappa shape index (κ2) is 15.9. The van der Waals surface area contributed by atoms with E-state index in [9.17, 15) is 19.2 Å². The molecule has 0 radical (unpaired) electrons. The minimum Gasteiger partial charge on any atom is -0.497 e. The van der Waals surface area contributed by atoms with Crippen LogP contribution in [0, 0.1) is 0 Å². The van der Waals surface area contributed by atoms with Crippen molar-refractivity contribution in [1.82, 2.24) is 0 Å². The molecule has 0 amide bonds. The first-order chi connectivity index (χ1) is 19.9. The summed E-state index contributed by atoms with van der Waals surface area (Å²) in [5.74, 6) is -0.301. The van der Waals surface area contributed by atoms with Gasteiger partial charge in [-0.05, 0) is 85.1 Å². The summed E-state index contributed by atoms with van der Waals surface area (Å²) in [7, 11) is 1.57. The van der Waals surface area contributed by atoms with Gasteiger partial charge in [0.05, 0.1) is 25.9 Å². The Morgan fingerprint density at radius 2 is 1.20 bits per heavy atom. The van der Waals surface area contributed by atoms with Crippen molar-refractivity contribution in [2.24, 2.45) is 0 Å². The number of esters is 3. The summed E-state index contributed by atoms with van der Waals surface area (Å²) in [5.41, 5.74) is 1.03. The van der Waals surface area contributed by atoms with Crippen molar-refractivity contribution in [3.8, 4) is 23.0 Å². The summed E-state index contributed by atoms with van der Waals surface area (Å²) in [6.07, 6.45) is 4.08. The van der Waals surface area contributed by atoms with Gasteiger partial charge in [0.15, 0.2) is 0 Å². The molecule has 0 N–H and O–H groups in total. The molecule has 0 spiro atoms. The lowest BCUT2D eigenvalue weighted by Crippen LogP contribution is -2.12. The molecule has 0 unspecified atom stereocenters. The second-order valence-corrected chi connectivity index (χ2v) is 8.19. The normalized spacial score (nSPS) is 10.4. The molecule has 0 aliphatic carbocycles. The maximum Gasteiger partial charge on any atom is 0.513 e. The van der Waals surface area contributed by atoms with E-state index in [1.54, 1.807) is 37.5 Å². The number of hydrogen-bond acceptors (Lipinski definition) is 10. The Balaban J connectivity index is 1.40. The van der Waals surface area contributed by atoms with Crippen LogP contribution in [0.2, 0.25) is 0 Å². The molecule has 0 saturated carbocycles. The van der Waals surface area contributed by atoms with E-state index in [2.05, 4.69) is 6.58 Å². The van der Waals surface area contributed by atoms with Crippen molar-refractivity contribution < 1.29 is 47.6 Å². The fourth-order valence-corrected chi connectivity index (χ4v) is 3.15. The number of rotatable bonds is 13. The number of hydrogen-bond donors (Lipinski definition) is 0. The van der Waals surface area contributed by atoms with Crippen molar-refractivity contribution >= 4 is 30.1 Å². The minimum absolute atomic E-state index is 0.0905. The van der Waals surface area contributed by atoms with Gasteiger partial charge in [0.25, 0.3) is 0 Å². The molecule has 3 aromatic rings. The number of methoxy groups -OCH3 is 1. The zero-order chi connectivity index (χ0) is 29.5. The van der Waals surface area contributed by atoms with E-state index in [4.69, 9.17) is 28.4 Å². The molecule has 3 rings (SSSR count). The van der Waals surface area contributed by atoms with E-state index in [0.717, 1.165) is 11.6 Å². The number of benzene rings is 3. The number of carbonyl (C=O) groups is 4. The van der Waals surface area contributed by atoms with Gasteiger partial charge in [-0.1, -0.05) is 18.7 Å². The third-order valence-electron chi connectivity index (χ3n) is 5.24. The van der Waals surface area contributed by atoms with Crippen LogP contribution < -0.4 is 18.9 Å². The molecule has 0 bridgehead atoms. The van der Waals surface area contributed by atoms with Crippen LogP contribution in [0.5, 0.6) is 23.0 Å². The smallest absolute Gasteiger partial charge is 0.497 e. The van der Waals surface area contributed by atoms with E-state index >= 15 is 0 Å². The third kappa shape index (κ3) is 10.7. The molecule has 0 saturated heterocycles. The summed E-state index contributed by atoms with van der Waals surface area (Å²) in [5, 5.41) is 0. The van der Waals surface area contributed by atoms with Crippen LogP contribution in [0.4, 0.5) is 4.79 Å². The third-order valence-corrected chi connectivity index (χ3v) is 5.24. The van der Waals surface area contributed by atoms with Crippen molar-refractivity contribution in [3.05, 3.63) is 103 Å². The van der Waals surface area contributed by atoms with Crippen LogP contribution in [0.3, 0.4) is 0 Å². The van der Waals surface area contributed by atoms with Crippen LogP contribution in [-0.2, 0) is 19.1 Å². The maximum absolute atomic E-state index is 12.5. The molecule has 0 heterocycles. The van der Waals surface area contributed by atoms with E-state index in [1.165, 1.54) is 54.6 Å². The molecule has 41 heavy (non-hydrogen) atoms. The van der Waals surface area contributed by atoms with Crippen molar-refractivity contribution in [2.45, 2.75) is 12.8 Å². The molecule has 0 fully saturated rings. The predicted octanol–water partition coefficient (Wildman–Crippen LogP) is 5.56. The fraction of sp³-hybridized carbons (Fsp3) is 0.161. The van der Waals surface area contributed by atoms with E-state index in [1.807, 2.05) is 0 Å². The maximum atomic E-state index is 12.5. The zero-order valence-corrected chi connectivity index (χ0v) is 22.3. The summed E-state index contributed by atoms with van der Waals surface area (Å²) in [6, 6.07) is 18.9. The van der Waals surface area contributed by atoms with Gasteiger partial charge in [0.1, 0.15) is 23.0 Å². The molecule has 0 aromatic heterocycles. The predicted molar refractivity (Wildman–Crippen MR) is 148 cm³/mol. The van der Waals surface area contributed by atoms with Gasteiger partial charge >= 0.3 is 24.1 Å². The van der Waals surface area contributed by atoms with E-state index in [-0.39, 0.29) is 36.0 Å². The van der Waals surface area contributed by atoms with Gasteiger partial charge in [0, 0.05) is 12.2 Å².